The van der Waals surface area contributed by atoms with Gasteiger partial charge in [-0.2, -0.15) is 26.3 Å². The lowest BCUT2D eigenvalue weighted by atomic mass is 10.1. The molecule has 0 spiro atoms. The predicted octanol–water partition coefficient (Wildman–Crippen LogP) is 4.33. The molecule has 0 radical (unpaired) electrons. The van der Waals surface area contributed by atoms with Crippen molar-refractivity contribution in [2.75, 3.05) is 0 Å². The molecule has 2 aromatic carbocycles. The minimum Gasteiger partial charge on any atom is -0.352 e. The third kappa shape index (κ3) is 5.49. The molecular weight excluding hydrogens is 551 g/mol. The Bertz CT molecular complexity index is 1700. The zero-order valence-electron chi connectivity index (χ0n) is 20.8. The Morgan fingerprint density at radius 1 is 1.00 bits per heavy atom. The zero-order valence-corrected chi connectivity index (χ0v) is 20.8. The number of nitrogens with one attached hydrogen (secondary N) is 1. The molecule has 0 aliphatic carbocycles. The number of halogens is 7. The van der Waals surface area contributed by atoms with E-state index >= 15 is 4.39 Å². The van der Waals surface area contributed by atoms with Gasteiger partial charge < -0.3 is 9.88 Å². The normalized spacial score (nSPS) is 13.0. The molecule has 0 saturated carbocycles. The maximum atomic E-state index is 15.0. The van der Waals surface area contributed by atoms with Gasteiger partial charge >= 0.3 is 18.0 Å². The molecule has 1 unspecified atom stereocenters. The Hall–Kier alpha value is -4.43. The van der Waals surface area contributed by atoms with Crippen LogP contribution in [0.4, 0.5) is 30.7 Å². The Morgan fingerprint density at radius 3 is 2.25 bits per heavy atom. The molecule has 0 aliphatic heterocycles. The van der Waals surface area contributed by atoms with Crippen molar-refractivity contribution in [2.45, 2.75) is 38.3 Å². The van der Waals surface area contributed by atoms with Crippen LogP contribution < -0.4 is 16.6 Å². The molecule has 2 heterocycles. The number of carbonyl (C=O) groups excluding carboxylic acids is 1. The van der Waals surface area contributed by atoms with E-state index in [4.69, 9.17) is 0 Å². The van der Waals surface area contributed by atoms with Crippen LogP contribution in [0.25, 0.3) is 16.7 Å². The highest BCUT2D eigenvalue weighted by atomic mass is 19.4. The van der Waals surface area contributed by atoms with E-state index in [1.807, 2.05) is 0 Å². The summed E-state index contributed by atoms with van der Waals surface area (Å²) in [7, 11) is 0.708. The highest BCUT2D eigenvalue weighted by Crippen LogP contribution is 2.36. The molecular formula is C25H20F7N5O3. The Morgan fingerprint density at radius 2 is 1.65 bits per heavy atom. The van der Waals surface area contributed by atoms with Gasteiger partial charge in [0, 0.05) is 38.2 Å². The number of rotatable bonds is 6. The van der Waals surface area contributed by atoms with Gasteiger partial charge in [0.2, 0.25) is 11.7 Å². The maximum Gasteiger partial charge on any atom is 0.449 e. The van der Waals surface area contributed by atoms with E-state index in [1.165, 1.54) is 6.92 Å². The number of aromatic nitrogens is 4. The van der Waals surface area contributed by atoms with Crippen LogP contribution in [0.3, 0.4) is 0 Å². The summed E-state index contributed by atoms with van der Waals surface area (Å²) in [5.41, 5.74) is -5.78. The Balaban J connectivity index is 1.81. The van der Waals surface area contributed by atoms with Gasteiger partial charge in [-0.1, -0.05) is 30.3 Å². The van der Waals surface area contributed by atoms with Crippen molar-refractivity contribution >= 4 is 16.9 Å². The molecule has 1 amide bonds. The van der Waals surface area contributed by atoms with Crippen LogP contribution >= 0.6 is 0 Å². The second-order valence-electron chi connectivity index (χ2n) is 8.95. The van der Waals surface area contributed by atoms with Gasteiger partial charge in [-0.15, -0.1) is 0 Å². The summed E-state index contributed by atoms with van der Waals surface area (Å²) in [6.07, 6.45) is -10.6. The van der Waals surface area contributed by atoms with Crippen molar-refractivity contribution < 1.29 is 35.5 Å². The smallest absolute Gasteiger partial charge is 0.352 e. The molecule has 1 N–H and O–H groups in total. The summed E-state index contributed by atoms with van der Waals surface area (Å²) in [5.74, 6) is -3.46. The number of hydrogen-bond acceptors (Lipinski definition) is 4. The van der Waals surface area contributed by atoms with E-state index in [-0.39, 0.29) is 21.7 Å². The fourth-order valence-corrected chi connectivity index (χ4v) is 4.27. The molecule has 40 heavy (non-hydrogen) atoms. The first kappa shape index (κ1) is 28.6. The zero-order chi connectivity index (χ0) is 29.6. The molecule has 212 valence electrons. The third-order valence-electron chi connectivity index (χ3n) is 6.12. The first-order valence-corrected chi connectivity index (χ1v) is 11.6. The molecule has 4 rings (SSSR count). The van der Waals surface area contributed by atoms with E-state index in [9.17, 15) is 40.7 Å². The average Bonchev–Trinajstić information content (AvgIpc) is 3.24. The van der Waals surface area contributed by atoms with E-state index in [0.29, 0.717) is 23.7 Å². The van der Waals surface area contributed by atoms with Gasteiger partial charge in [0.25, 0.3) is 5.56 Å². The van der Waals surface area contributed by atoms with Gasteiger partial charge in [-0.25, -0.2) is 18.7 Å². The second-order valence-corrected chi connectivity index (χ2v) is 8.95. The minimum absolute atomic E-state index is 0.0726. The number of fused-ring (bicyclic) bond motifs is 1. The van der Waals surface area contributed by atoms with Crippen LogP contribution in [-0.2, 0) is 30.7 Å². The van der Waals surface area contributed by atoms with Crippen molar-refractivity contribution in [2.24, 2.45) is 7.05 Å². The summed E-state index contributed by atoms with van der Waals surface area (Å²) in [6, 6.07) is 8.82. The van der Waals surface area contributed by atoms with Crippen LogP contribution in [0.15, 0.2) is 58.1 Å². The second kappa shape index (κ2) is 10.3. The number of alkyl halides is 6. The van der Waals surface area contributed by atoms with Crippen LogP contribution in [0.2, 0.25) is 0 Å². The van der Waals surface area contributed by atoms with Crippen molar-refractivity contribution in [1.82, 2.24) is 24.0 Å². The SMILES string of the molecule is CC(CC(=O)NCc1ccccc1)n1c(C(F)(F)F)nc2cc(F)c(-n3c(=O)cc(C(F)(F)F)n(C)c3=O)cc21. The molecule has 15 heteroatoms. The quantitative estimate of drug-likeness (QED) is 0.349. The minimum atomic E-state index is -5.08. The number of imidazole rings is 1. The van der Waals surface area contributed by atoms with Crippen LogP contribution in [0.1, 0.15) is 36.5 Å². The highest BCUT2D eigenvalue weighted by molar-refractivity contribution is 5.80. The van der Waals surface area contributed by atoms with E-state index in [1.54, 1.807) is 30.3 Å². The van der Waals surface area contributed by atoms with Crippen molar-refractivity contribution in [3.8, 4) is 5.69 Å². The van der Waals surface area contributed by atoms with Crippen molar-refractivity contribution in [1.29, 1.82) is 0 Å². The van der Waals surface area contributed by atoms with Crippen LogP contribution in [-0.4, -0.2) is 24.6 Å². The molecule has 0 saturated heterocycles. The van der Waals surface area contributed by atoms with Gasteiger partial charge in [-0.3, -0.25) is 14.2 Å². The summed E-state index contributed by atoms with van der Waals surface area (Å²) in [6.45, 7) is 1.39. The van der Waals surface area contributed by atoms with E-state index < -0.39 is 76.0 Å². The Labute approximate surface area is 220 Å². The van der Waals surface area contributed by atoms with E-state index in [0.717, 1.165) is 5.56 Å². The fourth-order valence-electron chi connectivity index (χ4n) is 4.27. The number of carbonyl (C=O) groups is 1. The predicted molar refractivity (Wildman–Crippen MR) is 128 cm³/mol. The topological polar surface area (TPSA) is 90.9 Å². The first-order valence-electron chi connectivity index (χ1n) is 11.6. The number of hydrogen-bond donors (Lipinski definition) is 1. The Kier molecular flexibility index (Phi) is 7.34. The average molecular weight is 571 g/mol. The summed E-state index contributed by atoms with van der Waals surface area (Å²) in [5, 5.41) is 2.59. The molecule has 2 aromatic heterocycles. The van der Waals surface area contributed by atoms with Gasteiger partial charge in [0.05, 0.1) is 16.7 Å². The molecule has 0 aliphatic rings. The number of amides is 1. The molecule has 8 nitrogen and oxygen atoms in total. The lowest BCUT2D eigenvalue weighted by Crippen LogP contribution is -2.41. The fraction of sp³-hybridized carbons (Fsp3) is 0.280. The lowest BCUT2D eigenvalue weighted by molar-refractivity contribution is -0.148. The first-order chi connectivity index (χ1) is 18.6. The van der Waals surface area contributed by atoms with Gasteiger partial charge in [0.15, 0.2) is 0 Å². The number of nitrogens with zero attached hydrogens (tertiary/aromatic N) is 4. The van der Waals surface area contributed by atoms with Gasteiger partial charge in [0.1, 0.15) is 11.5 Å². The summed E-state index contributed by atoms with van der Waals surface area (Å²) >= 11 is 0. The molecule has 0 bridgehead atoms. The van der Waals surface area contributed by atoms with Crippen molar-refractivity contribution in [3.63, 3.8) is 0 Å². The summed E-state index contributed by atoms with van der Waals surface area (Å²) in [4.78, 5) is 41.2. The maximum absolute atomic E-state index is 15.0. The highest BCUT2D eigenvalue weighted by Gasteiger charge is 2.40. The lowest BCUT2D eigenvalue weighted by Gasteiger charge is -2.19. The number of benzene rings is 2. The monoisotopic (exact) mass is 571 g/mol. The molecule has 1 atom stereocenters. The standard InChI is InChI=1S/C25H20F7N5O3/c1-13(8-20(38)33-12-14-6-4-3-5-7-14)36-18-10-17(15(26)9-16(18)34-22(36)25(30,31)32)37-21(39)11-19(24(27,28)29)35(2)23(37)40/h3-7,9-11,13H,8,12H2,1-2H3,(H,33,38). The summed E-state index contributed by atoms with van der Waals surface area (Å²) < 4.78 is 97.2. The van der Waals surface area contributed by atoms with Crippen LogP contribution in [0.5, 0.6) is 0 Å². The molecule has 4 aromatic rings. The third-order valence-corrected chi connectivity index (χ3v) is 6.12. The van der Waals surface area contributed by atoms with E-state index in [2.05, 4.69) is 10.3 Å². The van der Waals surface area contributed by atoms with Crippen molar-refractivity contribution in [3.05, 3.63) is 92.3 Å². The van der Waals surface area contributed by atoms with Gasteiger partial charge in [-0.05, 0) is 18.6 Å². The van der Waals surface area contributed by atoms with Crippen LogP contribution in [0, 0.1) is 5.82 Å². The largest absolute Gasteiger partial charge is 0.449 e. The molecule has 0 fully saturated rings.